The maximum atomic E-state index is 12.4. The molecule has 0 atom stereocenters. The third-order valence-electron chi connectivity index (χ3n) is 5.13. The number of aryl methyl sites for hydroxylation is 1. The third-order valence-corrected chi connectivity index (χ3v) is 5.13. The van der Waals surface area contributed by atoms with Gasteiger partial charge in [0.15, 0.2) is 11.5 Å². The van der Waals surface area contributed by atoms with Crippen molar-refractivity contribution in [3.8, 4) is 11.6 Å². The van der Waals surface area contributed by atoms with Crippen LogP contribution in [0.4, 0.5) is 0 Å². The smallest absolute Gasteiger partial charge is 0.220 e. The molecule has 3 aromatic heterocycles. The summed E-state index contributed by atoms with van der Waals surface area (Å²) in [5.41, 5.74) is 4.63. The maximum absolute atomic E-state index is 12.4. The third kappa shape index (κ3) is 4.55. The predicted octanol–water partition coefficient (Wildman–Crippen LogP) is 2.57. The summed E-state index contributed by atoms with van der Waals surface area (Å²) in [4.78, 5) is 12.4. The zero-order valence-electron chi connectivity index (χ0n) is 17.9. The van der Waals surface area contributed by atoms with Gasteiger partial charge >= 0.3 is 0 Å². The van der Waals surface area contributed by atoms with E-state index in [0.717, 1.165) is 28.3 Å². The summed E-state index contributed by atoms with van der Waals surface area (Å²) in [6.07, 6.45) is 2.56. The summed E-state index contributed by atoms with van der Waals surface area (Å²) in [6.45, 7) is 7.02. The molecule has 0 spiro atoms. The fourth-order valence-electron chi connectivity index (χ4n) is 3.49. The molecule has 0 aliphatic carbocycles. The van der Waals surface area contributed by atoms with E-state index in [-0.39, 0.29) is 5.91 Å². The summed E-state index contributed by atoms with van der Waals surface area (Å²) in [5.74, 6) is 1.52. The zero-order chi connectivity index (χ0) is 21.8. The zero-order valence-corrected chi connectivity index (χ0v) is 17.9. The molecule has 0 aliphatic heterocycles. The van der Waals surface area contributed by atoms with Crippen LogP contribution in [0.25, 0.3) is 11.5 Å². The number of rotatable bonds is 8. The van der Waals surface area contributed by atoms with Crippen molar-refractivity contribution in [3.63, 3.8) is 0 Å². The Balaban J connectivity index is 1.37. The van der Waals surface area contributed by atoms with Crippen LogP contribution < -0.4 is 10.1 Å². The predicted molar refractivity (Wildman–Crippen MR) is 115 cm³/mol. The van der Waals surface area contributed by atoms with E-state index >= 15 is 0 Å². The van der Waals surface area contributed by atoms with Crippen molar-refractivity contribution in [1.29, 1.82) is 0 Å². The standard InChI is InChI=1S/C22H25N7O2/c1-4-31-18-7-5-17(6-8-18)13-23-22(30)12-9-19-15(2)26-29(16(19)3)21-11-10-20-25-24-14-28(20)27-21/h5-8,10-11,14H,4,9,12-13H2,1-3H3,(H,23,30). The molecule has 1 amide bonds. The average molecular weight is 419 g/mol. The van der Waals surface area contributed by atoms with Gasteiger partial charge in [0.2, 0.25) is 5.91 Å². The number of carbonyl (C=O) groups excluding carboxylic acids is 1. The van der Waals surface area contributed by atoms with Crippen LogP contribution in [0.1, 0.15) is 35.9 Å². The lowest BCUT2D eigenvalue weighted by Crippen LogP contribution is -2.23. The van der Waals surface area contributed by atoms with E-state index < -0.39 is 0 Å². The first kappa shape index (κ1) is 20.5. The number of ether oxygens (including phenoxy) is 1. The molecular formula is C22H25N7O2. The second-order valence-electron chi connectivity index (χ2n) is 7.24. The lowest BCUT2D eigenvalue weighted by Gasteiger charge is -2.08. The van der Waals surface area contributed by atoms with E-state index in [2.05, 4.69) is 25.7 Å². The summed E-state index contributed by atoms with van der Waals surface area (Å²) >= 11 is 0. The number of carbonyl (C=O) groups is 1. The number of hydrogen-bond acceptors (Lipinski definition) is 6. The van der Waals surface area contributed by atoms with Crippen molar-refractivity contribution >= 4 is 11.6 Å². The number of benzene rings is 1. The SMILES string of the molecule is CCOc1ccc(CNC(=O)CCc2c(C)nn(-c3ccc4nncn4n3)c2C)cc1. The van der Waals surface area contributed by atoms with Gasteiger partial charge in [-0.25, -0.2) is 4.68 Å². The molecule has 0 bridgehead atoms. The monoisotopic (exact) mass is 419 g/mol. The molecule has 4 aromatic rings. The normalized spacial score (nSPS) is 11.1. The molecule has 4 rings (SSSR count). The quantitative estimate of drug-likeness (QED) is 0.471. The van der Waals surface area contributed by atoms with Gasteiger partial charge in [0.05, 0.1) is 12.3 Å². The van der Waals surface area contributed by atoms with Crippen LogP contribution in [0.3, 0.4) is 0 Å². The van der Waals surface area contributed by atoms with Gasteiger partial charge < -0.3 is 10.1 Å². The second kappa shape index (κ2) is 8.95. The largest absolute Gasteiger partial charge is 0.494 e. The van der Waals surface area contributed by atoms with Crippen LogP contribution in [0.2, 0.25) is 0 Å². The Hall–Kier alpha value is -3.75. The minimum atomic E-state index is 0.00414. The molecule has 0 saturated carbocycles. The van der Waals surface area contributed by atoms with Crippen molar-refractivity contribution < 1.29 is 9.53 Å². The first-order valence-electron chi connectivity index (χ1n) is 10.3. The summed E-state index contributed by atoms with van der Waals surface area (Å²) in [7, 11) is 0. The molecule has 0 saturated heterocycles. The first-order chi connectivity index (χ1) is 15.0. The molecular weight excluding hydrogens is 394 g/mol. The van der Waals surface area contributed by atoms with Gasteiger partial charge in [-0.15, -0.1) is 15.3 Å². The van der Waals surface area contributed by atoms with Crippen LogP contribution in [0.15, 0.2) is 42.7 Å². The average Bonchev–Trinajstić information content (AvgIpc) is 3.35. The van der Waals surface area contributed by atoms with Gasteiger partial charge in [0.25, 0.3) is 0 Å². The number of fused-ring (bicyclic) bond motifs is 1. The summed E-state index contributed by atoms with van der Waals surface area (Å²) in [6, 6.07) is 11.5. The minimum absolute atomic E-state index is 0.00414. The Labute approximate surface area is 180 Å². The Morgan fingerprint density at radius 3 is 2.68 bits per heavy atom. The number of nitrogens with zero attached hydrogens (tertiary/aromatic N) is 6. The van der Waals surface area contributed by atoms with E-state index in [1.54, 1.807) is 15.5 Å². The van der Waals surface area contributed by atoms with Crippen molar-refractivity contribution in [1.82, 2.24) is 34.9 Å². The van der Waals surface area contributed by atoms with Crippen molar-refractivity contribution in [2.24, 2.45) is 0 Å². The molecule has 0 radical (unpaired) electrons. The minimum Gasteiger partial charge on any atom is -0.494 e. The molecule has 1 aromatic carbocycles. The highest BCUT2D eigenvalue weighted by Crippen LogP contribution is 2.19. The highest BCUT2D eigenvalue weighted by atomic mass is 16.5. The molecule has 3 heterocycles. The van der Waals surface area contributed by atoms with Crippen molar-refractivity contribution in [2.75, 3.05) is 6.61 Å². The molecule has 1 N–H and O–H groups in total. The van der Waals surface area contributed by atoms with Gasteiger partial charge in [-0.2, -0.15) is 9.61 Å². The maximum Gasteiger partial charge on any atom is 0.220 e. The molecule has 160 valence electrons. The number of hydrogen-bond donors (Lipinski definition) is 1. The Morgan fingerprint density at radius 2 is 1.90 bits per heavy atom. The first-order valence-corrected chi connectivity index (χ1v) is 10.3. The topological polar surface area (TPSA) is 99.2 Å². The van der Waals surface area contributed by atoms with E-state index in [4.69, 9.17) is 4.74 Å². The molecule has 9 heteroatoms. The number of nitrogens with one attached hydrogen (secondary N) is 1. The molecule has 9 nitrogen and oxygen atoms in total. The number of aromatic nitrogens is 6. The lowest BCUT2D eigenvalue weighted by molar-refractivity contribution is -0.121. The summed E-state index contributed by atoms with van der Waals surface area (Å²) in [5, 5.41) is 19.9. The highest BCUT2D eigenvalue weighted by Gasteiger charge is 2.15. The Kier molecular flexibility index (Phi) is 5.92. The van der Waals surface area contributed by atoms with Gasteiger partial charge in [0, 0.05) is 18.7 Å². The van der Waals surface area contributed by atoms with E-state index in [9.17, 15) is 4.79 Å². The van der Waals surface area contributed by atoms with Crippen LogP contribution in [0, 0.1) is 13.8 Å². The molecule has 31 heavy (non-hydrogen) atoms. The van der Waals surface area contributed by atoms with Gasteiger partial charge in [-0.3, -0.25) is 4.79 Å². The van der Waals surface area contributed by atoms with Crippen LogP contribution in [-0.4, -0.2) is 42.1 Å². The van der Waals surface area contributed by atoms with Crippen LogP contribution >= 0.6 is 0 Å². The van der Waals surface area contributed by atoms with E-state index in [0.29, 0.717) is 37.5 Å². The van der Waals surface area contributed by atoms with Crippen LogP contribution in [-0.2, 0) is 17.8 Å². The van der Waals surface area contributed by atoms with Crippen molar-refractivity contribution in [2.45, 2.75) is 40.2 Å². The fraction of sp³-hybridized carbons (Fsp3) is 0.318. The Morgan fingerprint density at radius 1 is 1.10 bits per heavy atom. The van der Waals surface area contributed by atoms with Crippen molar-refractivity contribution in [3.05, 3.63) is 65.2 Å². The van der Waals surface area contributed by atoms with Crippen LogP contribution in [0.5, 0.6) is 5.75 Å². The molecule has 0 unspecified atom stereocenters. The van der Waals surface area contributed by atoms with Gasteiger partial charge in [-0.05, 0) is 62.6 Å². The molecule has 0 fully saturated rings. The van der Waals surface area contributed by atoms with E-state index in [1.165, 1.54) is 0 Å². The summed E-state index contributed by atoms with van der Waals surface area (Å²) < 4.78 is 8.84. The number of amides is 1. The Bertz CT molecular complexity index is 1190. The fourth-order valence-corrected chi connectivity index (χ4v) is 3.49. The molecule has 0 aliphatic rings. The highest BCUT2D eigenvalue weighted by molar-refractivity contribution is 5.76. The van der Waals surface area contributed by atoms with E-state index in [1.807, 2.05) is 57.2 Å². The second-order valence-corrected chi connectivity index (χ2v) is 7.24. The lowest BCUT2D eigenvalue weighted by atomic mass is 10.1. The van der Waals surface area contributed by atoms with Gasteiger partial charge in [0.1, 0.15) is 12.1 Å². The van der Waals surface area contributed by atoms with Gasteiger partial charge in [-0.1, -0.05) is 12.1 Å².